The number of amides is 1. The molecule has 1 aliphatic rings. The van der Waals surface area contributed by atoms with Gasteiger partial charge in [-0.3, -0.25) is 14.1 Å². The standard InChI is InChI=1S/C24H24F3N7O/c1-32(2)23(35)15-4-3-14-5-7-18(29-19(14)11-15)22-31-30-20-8-6-16(12-34(20)22)21(24(25,26)27)33-10-9-17(28)13-33/h3-8,11-12,17,21H,9-10,13,28H2,1-2H3. The molecule has 182 valence electrons. The number of nitrogens with two attached hydrogens (primary N) is 1. The molecule has 4 heterocycles. The second kappa shape index (κ2) is 8.58. The third kappa shape index (κ3) is 4.32. The van der Waals surface area contributed by atoms with Gasteiger partial charge in [-0.05, 0) is 36.2 Å². The molecule has 8 nitrogen and oxygen atoms in total. The molecule has 0 spiro atoms. The van der Waals surface area contributed by atoms with Crippen LogP contribution in [-0.4, -0.2) is 74.7 Å². The van der Waals surface area contributed by atoms with Gasteiger partial charge in [-0.2, -0.15) is 13.2 Å². The fraction of sp³-hybridized carbons (Fsp3) is 0.333. The van der Waals surface area contributed by atoms with Gasteiger partial charge >= 0.3 is 6.18 Å². The van der Waals surface area contributed by atoms with E-state index in [1.54, 1.807) is 38.4 Å². The van der Waals surface area contributed by atoms with E-state index in [9.17, 15) is 18.0 Å². The molecule has 3 aromatic heterocycles. The average Bonchev–Trinajstić information content (AvgIpc) is 3.42. The number of hydrogen-bond donors (Lipinski definition) is 1. The van der Waals surface area contributed by atoms with Crippen molar-refractivity contribution in [2.45, 2.75) is 24.7 Å². The van der Waals surface area contributed by atoms with E-state index >= 15 is 0 Å². The van der Waals surface area contributed by atoms with Gasteiger partial charge in [0.2, 0.25) is 0 Å². The van der Waals surface area contributed by atoms with Gasteiger partial charge in [0.1, 0.15) is 11.7 Å². The van der Waals surface area contributed by atoms with E-state index in [1.807, 2.05) is 6.07 Å². The van der Waals surface area contributed by atoms with Crippen molar-refractivity contribution in [2.75, 3.05) is 27.2 Å². The largest absolute Gasteiger partial charge is 0.408 e. The Labute approximate surface area is 199 Å². The predicted molar refractivity (Wildman–Crippen MR) is 125 cm³/mol. The molecule has 5 rings (SSSR count). The number of benzene rings is 1. The summed E-state index contributed by atoms with van der Waals surface area (Å²) >= 11 is 0. The van der Waals surface area contributed by atoms with Crippen molar-refractivity contribution >= 4 is 22.5 Å². The molecule has 0 bridgehead atoms. The highest BCUT2D eigenvalue weighted by Gasteiger charge is 2.46. The van der Waals surface area contributed by atoms with Gasteiger partial charge in [0.15, 0.2) is 11.5 Å². The Morgan fingerprint density at radius 3 is 2.60 bits per heavy atom. The van der Waals surface area contributed by atoms with Crippen LogP contribution in [0.4, 0.5) is 13.2 Å². The monoisotopic (exact) mass is 483 g/mol. The molecule has 0 aliphatic carbocycles. The van der Waals surface area contributed by atoms with Gasteiger partial charge in [-0.1, -0.05) is 18.2 Å². The SMILES string of the molecule is CN(C)C(=O)c1ccc2ccc(-c3nnc4ccc(C(N5CCC(N)C5)C(F)(F)F)cn34)nc2c1. The predicted octanol–water partition coefficient (Wildman–Crippen LogP) is 3.28. The quantitative estimate of drug-likeness (QED) is 0.479. The van der Waals surface area contributed by atoms with Crippen LogP contribution < -0.4 is 5.73 Å². The summed E-state index contributed by atoms with van der Waals surface area (Å²) in [6.45, 7) is 0.454. The van der Waals surface area contributed by atoms with Crippen LogP contribution in [0, 0.1) is 0 Å². The number of carbonyl (C=O) groups excluding carboxylic acids is 1. The second-order valence-electron chi connectivity index (χ2n) is 9.01. The van der Waals surface area contributed by atoms with Crippen molar-refractivity contribution in [3.63, 3.8) is 0 Å². The molecule has 1 fully saturated rings. The summed E-state index contributed by atoms with van der Waals surface area (Å²) in [5.74, 6) is 0.156. The number of halogens is 3. The zero-order chi connectivity index (χ0) is 24.9. The van der Waals surface area contributed by atoms with Crippen LogP contribution >= 0.6 is 0 Å². The summed E-state index contributed by atoms with van der Waals surface area (Å²) in [5.41, 5.74) is 7.86. The highest BCUT2D eigenvalue weighted by atomic mass is 19.4. The van der Waals surface area contributed by atoms with Crippen molar-refractivity contribution in [1.82, 2.24) is 29.4 Å². The summed E-state index contributed by atoms with van der Waals surface area (Å²) in [6.07, 6.45) is -2.53. The van der Waals surface area contributed by atoms with Crippen molar-refractivity contribution in [3.8, 4) is 11.5 Å². The summed E-state index contributed by atoms with van der Waals surface area (Å²) in [4.78, 5) is 19.8. The van der Waals surface area contributed by atoms with Crippen LogP contribution in [0.25, 0.3) is 28.1 Å². The van der Waals surface area contributed by atoms with Crippen molar-refractivity contribution in [1.29, 1.82) is 0 Å². The van der Waals surface area contributed by atoms with E-state index in [1.165, 1.54) is 32.5 Å². The Kier molecular flexibility index (Phi) is 5.68. The number of nitrogens with zero attached hydrogens (tertiary/aromatic N) is 6. The lowest BCUT2D eigenvalue weighted by Crippen LogP contribution is -2.38. The molecule has 1 amide bonds. The van der Waals surface area contributed by atoms with Gasteiger partial charge < -0.3 is 10.6 Å². The number of alkyl halides is 3. The molecule has 4 aromatic rings. The van der Waals surface area contributed by atoms with Crippen molar-refractivity contribution < 1.29 is 18.0 Å². The third-order valence-electron chi connectivity index (χ3n) is 6.25. The lowest BCUT2D eigenvalue weighted by atomic mass is 10.1. The minimum absolute atomic E-state index is 0.0832. The van der Waals surface area contributed by atoms with Crippen LogP contribution in [0.3, 0.4) is 0 Å². The van der Waals surface area contributed by atoms with E-state index in [4.69, 9.17) is 5.73 Å². The van der Waals surface area contributed by atoms with E-state index in [2.05, 4.69) is 15.2 Å². The third-order valence-corrected chi connectivity index (χ3v) is 6.25. The van der Waals surface area contributed by atoms with Crippen molar-refractivity contribution in [3.05, 3.63) is 59.8 Å². The number of carbonyl (C=O) groups is 1. The topological polar surface area (TPSA) is 92.7 Å². The average molecular weight is 483 g/mol. The number of rotatable bonds is 4. The minimum atomic E-state index is -4.47. The van der Waals surface area contributed by atoms with Gasteiger partial charge in [-0.15, -0.1) is 10.2 Å². The molecule has 35 heavy (non-hydrogen) atoms. The number of aromatic nitrogens is 4. The molecule has 1 aliphatic heterocycles. The van der Waals surface area contributed by atoms with E-state index in [-0.39, 0.29) is 30.6 Å². The van der Waals surface area contributed by atoms with E-state index in [0.717, 1.165) is 5.39 Å². The fourth-order valence-electron chi connectivity index (χ4n) is 4.53. The zero-order valence-electron chi connectivity index (χ0n) is 19.2. The Bertz CT molecular complexity index is 1420. The molecule has 0 saturated carbocycles. The Hall–Kier alpha value is -3.57. The Balaban J connectivity index is 1.58. The van der Waals surface area contributed by atoms with Crippen LogP contribution in [-0.2, 0) is 0 Å². The Morgan fingerprint density at radius 2 is 1.91 bits per heavy atom. The van der Waals surface area contributed by atoms with Gasteiger partial charge in [0.05, 0.1) is 5.52 Å². The molecule has 2 unspecified atom stereocenters. The first-order valence-electron chi connectivity index (χ1n) is 11.2. The molecule has 2 atom stereocenters. The van der Waals surface area contributed by atoms with E-state index in [0.29, 0.717) is 34.7 Å². The first-order valence-corrected chi connectivity index (χ1v) is 11.2. The van der Waals surface area contributed by atoms with Crippen molar-refractivity contribution in [2.24, 2.45) is 5.73 Å². The van der Waals surface area contributed by atoms with E-state index < -0.39 is 12.2 Å². The first-order chi connectivity index (χ1) is 16.6. The molecule has 2 N–H and O–H groups in total. The van der Waals surface area contributed by atoms with Crippen LogP contribution in [0.15, 0.2) is 48.7 Å². The van der Waals surface area contributed by atoms with Crippen LogP contribution in [0.5, 0.6) is 0 Å². The second-order valence-corrected chi connectivity index (χ2v) is 9.01. The number of likely N-dealkylation sites (tertiary alicyclic amines) is 1. The molecule has 1 saturated heterocycles. The molecular formula is C24H24F3N7O. The lowest BCUT2D eigenvalue weighted by molar-refractivity contribution is -0.183. The first kappa shape index (κ1) is 23.2. The molecule has 1 aromatic carbocycles. The zero-order valence-corrected chi connectivity index (χ0v) is 19.2. The fourth-order valence-corrected chi connectivity index (χ4v) is 4.53. The summed E-state index contributed by atoms with van der Waals surface area (Å²) in [5, 5.41) is 9.12. The maximum Gasteiger partial charge on any atom is 0.408 e. The smallest absolute Gasteiger partial charge is 0.345 e. The highest BCUT2D eigenvalue weighted by molar-refractivity contribution is 5.97. The molecule has 11 heteroatoms. The minimum Gasteiger partial charge on any atom is -0.345 e. The lowest BCUT2D eigenvalue weighted by Gasteiger charge is -2.30. The maximum absolute atomic E-state index is 14.1. The number of hydrogen-bond acceptors (Lipinski definition) is 6. The van der Waals surface area contributed by atoms with Gasteiger partial charge in [-0.25, -0.2) is 4.98 Å². The summed E-state index contributed by atoms with van der Waals surface area (Å²) in [6, 6.07) is 9.68. The number of fused-ring (bicyclic) bond motifs is 2. The Morgan fingerprint density at radius 1 is 1.14 bits per heavy atom. The summed E-state index contributed by atoms with van der Waals surface area (Å²) in [7, 11) is 3.33. The maximum atomic E-state index is 14.1. The normalized spacial score (nSPS) is 17.8. The molecular weight excluding hydrogens is 459 g/mol. The van der Waals surface area contributed by atoms with Crippen LogP contribution in [0.1, 0.15) is 28.4 Å². The summed E-state index contributed by atoms with van der Waals surface area (Å²) < 4.78 is 43.8. The number of pyridine rings is 2. The van der Waals surface area contributed by atoms with Gasteiger partial charge in [0, 0.05) is 50.4 Å². The molecule has 0 radical (unpaired) electrons. The van der Waals surface area contributed by atoms with Gasteiger partial charge in [0.25, 0.3) is 5.91 Å². The highest BCUT2D eigenvalue weighted by Crippen LogP contribution is 2.39. The van der Waals surface area contributed by atoms with Crippen LogP contribution in [0.2, 0.25) is 0 Å².